The van der Waals surface area contributed by atoms with Gasteiger partial charge in [-0.25, -0.2) is 13.4 Å². The van der Waals surface area contributed by atoms with Crippen LogP contribution >= 0.6 is 11.3 Å². The number of carbonyl (C=O) groups is 1. The van der Waals surface area contributed by atoms with Crippen LogP contribution in [-0.2, 0) is 10.0 Å². The van der Waals surface area contributed by atoms with Gasteiger partial charge in [0, 0.05) is 19.4 Å². The molecule has 108 valence electrons. The third kappa shape index (κ3) is 2.22. The maximum Gasteiger partial charge on any atom is 0.269 e. The minimum atomic E-state index is -3.84. The average Bonchev–Trinajstić information content (AvgIpc) is 2.95. The Morgan fingerprint density at radius 3 is 2.86 bits per heavy atom. The summed E-state index contributed by atoms with van der Waals surface area (Å²) in [6, 6.07) is 6.80. The molecule has 3 rings (SSSR count). The van der Waals surface area contributed by atoms with Crippen molar-refractivity contribution in [3.05, 3.63) is 51.8 Å². The van der Waals surface area contributed by atoms with E-state index in [2.05, 4.69) is 10.3 Å². The van der Waals surface area contributed by atoms with E-state index in [0.29, 0.717) is 16.4 Å². The van der Waals surface area contributed by atoms with Crippen molar-refractivity contribution in [3.63, 3.8) is 0 Å². The number of hydrogen-bond acceptors (Lipinski definition) is 6. The van der Waals surface area contributed by atoms with Gasteiger partial charge in [-0.3, -0.25) is 9.10 Å². The molecule has 2 aromatic rings. The fourth-order valence-corrected chi connectivity index (χ4v) is 4.20. The molecule has 0 saturated heterocycles. The highest BCUT2D eigenvalue weighted by molar-refractivity contribution is 7.97. The fraction of sp³-hybridized carbons (Fsp3) is 0.0769. The Morgan fingerprint density at radius 2 is 2.14 bits per heavy atom. The van der Waals surface area contributed by atoms with E-state index in [9.17, 15) is 13.2 Å². The predicted octanol–water partition coefficient (Wildman–Crippen LogP) is 2.06. The maximum absolute atomic E-state index is 12.4. The first-order valence-electron chi connectivity index (χ1n) is 6.00. The molecule has 0 saturated carbocycles. The van der Waals surface area contributed by atoms with Crippen LogP contribution in [-0.4, -0.2) is 26.2 Å². The van der Waals surface area contributed by atoms with Crippen LogP contribution in [0, 0.1) is 0 Å². The second-order valence-electron chi connectivity index (χ2n) is 4.30. The van der Waals surface area contributed by atoms with Gasteiger partial charge < -0.3 is 5.32 Å². The molecule has 1 N–H and O–H groups in total. The van der Waals surface area contributed by atoms with E-state index in [1.807, 2.05) is 0 Å². The highest BCUT2D eigenvalue weighted by Crippen LogP contribution is 2.37. The van der Waals surface area contributed by atoms with Crippen LogP contribution in [0.4, 0.5) is 11.5 Å². The number of pyridine rings is 1. The van der Waals surface area contributed by atoms with E-state index in [4.69, 9.17) is 0 Å². The number of sulfonamides is 1. The van der Waals surface area contributed by atoms with Crippen LogP contribution in [0.25, 0.3) is 0 Å². The average molecular weight is 321 g/mol. The molecule has 0 amide bonds. The molecule has 3 heterocycles. The standard InChI is InChI=1S/C13H11N3O3S2/c1-16-9-5-7-20-13(9)12(17)10(21(16,18)19)8-15-11-4-2-3-6-14-11/h2-8H,1H3,(H,14,15)/b10-8+. The zero-order valence-electron chi connectivity index (χ0n) is 11.0. The lowest BCUT2D eigenvalue weighted by molar-refractivity contribution is 0.104. The summed E-state index contributed by atoms with van der Waals surface area (Å²) in [5, 5.41) is 4.45. The quantitative estimate of drug-likeness (QED) is 0.857. The molecule has 0 unspecified atom stereocenters. The highest BCUT2D eigenvalue weighted by atomic mass is 32.2. The van der Waals surface area contributed by atoms with E-state index in [0.717, 1.165) is 4.31 Å². The molecule has 0 radical (unpaired) electrons. The number of rotatable bonds is 2. The van der Waals surface area contributed by atoms with E-state index in [1.165, 1.54) is 24.6 Å². The van der Waals surface area contributed by atoms with Crippen LogP contribution in [0.15, 0.2) is 46.9 Å². The Bertz CT molecular complexity index is 825. The number of carbonyl (C=O) groups excluding carboxylic acids is 1. The van der Waals surface area contributed by atoms with Gasteiger partial charge in [0.05, 0.1) is 5.69 Å². The van der Waals surface area contributed by atoms with Gasteiger partial charge >= 0.3 is 0 Å². The summed E-state index contributed by atoms with van der Waals surface area (Å²) in [4.78, 5) is 16.5. The Balaban J connectivity index is 2.04. The third-order valence-corrected chi connectivity index (χ3v) is 5.75. The van der Waals surface area contributed by atoms with Gasteiger partial charge in [0.2, 0.25) is 5.78 Å². The monoisotopic (exact) mass is 321 g/mol. The summed E-state index contributed by atoms with van der Waals surface area (Å²) < 4.78 is 25.9. The first kappa shape index (κ1) is 13.8. The molecule has 8 heteroatoms. The number of nitrogens with one attached hydrogen (secondary N) is 1. The van der Waals surface area contributed by atoms with E-state index < -0.39 is 15.8 Å². The first-order valence-corrected chi connectivity index (χ1v) is 8.32. The zero-order valence-corrected chi connectivity index (χ0v) is 12.6. The molecule has 2 aromatic heterocycles. The van der Waals surface area contributed by atoms with Crippen molar-refractivity contribution in [1.29, 1.82) is 0 Å². The van der Waals surface area contributed by atoms with Crippen molar-refractivity contribution in [1.82, 2.24) is 4.98 Å². The summed E-state index contributed by atoms with van der Waals surface area (Å²) in [5.74, 6) is -0.0332. The number of fused-ring (bicyclic) bond motifs is 1. The normalized spacial score (nSPS) is 18.6. The second-order valence-corrected chi connectivity index (χ2v) is 7.16. The van der Waals surface area contributed by atoms with E-state index >= 15 is 0 Å². The third-order valence-electron chi connectivity index (χ3n) is 3.07. The summed E-state index contributed by atoms with van der Waals surface area (Å²) in [7, 11) is -2.41. The number of hydrogen-bond donors (Lipinski definition) is 1. The molecule has 0 aromatic carbocycles. The number of Topliss-reactive ketones (excluding diaryl/α,β-unsaturated/α-hetero) is 1. The molecule has 1 aliphatic heterocycles. The second kappa shape index (κ2) is 4.97. The van der Waals surface area contributed by atoms with Crippen molar-refractivity contribution in [2.45, 2.75) is 0 Å². The van der Waals surface area contributed by atoms with Gasteiger partial charge in [0.1, 0.15) is 10.7 Å². The van der Waals surface area contributed by atoms with E-state index in [1.54, 1.807) is 35.8 Å². The Hall–Kier alpha value is -2.19. The van der Waals surface area contributed by atoms with Crippen molar-refractivity contribution < 1.29 is 13.2 Å². The molecule has 21 heavy (non-hydrogen) atoms. The first-order chi connectivity index (χ1) is 10.0. The number of thiophene rings is 1. The van der Waals surface area contributed by atoms with Crippen molar-refractivity contribution in [2.24, 2.45) is 0 Å². The van der Waals surface area contributed by atoms with Crippen LogP contribution < -0.4 is 9.62 Å². The Kier molecular flexibility index (Phi) is 3.26. The van der Waals surface area contributed by atoms with E-state index in [-0.39, 0.29) is 4.91 Å². The van der Waals surface area contributed by atoms with Gasteiger partial charge in [-0.15, -0.1) is 11.3 Å². The van der Waals surface area contributed by atoms with Gasteiger partial charge in [-0.1, -0.05) is 6.07 Å². The summed E-state index contributed by atoms with van der Waals surface area (Å²) in [6.45, 7) is 0. The molecule has 1 aliphatic rings. The number of aromatic nitrogens is 1. The van der Waals surface area contributed by atoms with Gasteiger partial charge in [0.15, 0.2) is 4.91 Å². The lowest BCUT2D eigenvalue weighted by Crippen LogP contribution is -2.35. The molecule has 6 nitrogen and oxygen atoms in total. The number of nitrogens with zero attached hydrogens (tertiary/aromatic N) is 2. The zero-order chi connectivity index (χ0) is 15.0. The largest absolute Gasteiger partial charge is 0.345 e. The molecule has 0 bridgehead atoms. The van der Waals surface area contributed by atoms with Crippen LogP contribution in [0.1, 0.15) is 9.67 Å². The fourth-order valence-electron chi connectivity index (χ4n) is 1.95. The van der Waals surface area contributed by atoms with Gasteiger partial charge in [-0.05, 0) is 23.6 Å². The summed E-state index contributed by atoms with van der Waals surface area (Å²) >= 11 is 1.22. The van der Waals surface area contributed by atoms with Crippen LogP contribution in [0.2, 0.25) is 0 Å². The molecular formula is C13H11N3O3S2. The predicted molar refractivity (Wildman–Crippen MR) is 81.9 cm³/mol. The number of ketones is 1. The Labute approximate surface area is 125 Å². The lowest BCUT2D eigenvalue weighted by Gasteiger charge is -2.25. The van der Waals surface area contributed by atoms with Crippen molar-refractivity contribution in [2.75, 3.05) is 16.7 Å². The number of anilines is 2. The summed E-state index contributed by atoms with van der Waals surface area (Å²) in [5.41, 5.74) is 0.417. The smallest absolute Gasteiger partial charge is 0.269 e. The SMILES string of the molecule is CN1c2ccsc2C(=O)/C(=C\Nc2ccccn2)S1(=O)=O. The minimum Gasteiger partial charge on any atom is -0.345 e. The topological polar surface area (TPSA) is 79.4 Å². The van der Waals surface area contributed by atoms with Gasteiger partial charge in [0.25, 0.3) is 10.0 Å². The van der Waals surface area contributed by atoms with Gasteiger partial charge in [-0.2, -0.15) is 0 Å². The molecule has 0 aliphatic carbocycles. The lowest BCUT2D eigenvalue weighted by atomic mass is 10.2. The number of allylic oxidation sites excluding steroid dienone is 1. The molecule has 0 spiro atoms. The molecule has 0 atom stereocenters. The minimum absolute atomic E-state index is 0.286. The Morgan fingerprint density at radius 1 is 1.33 bits per heavy atom. The summed E-state index contributed by atoms with van der Waals surface area (Å²) in [6.07, 6.45) is 2.76. The van der Waals surface area contributed by atoms with Crippen LogP contribution in [0.5, 0.6) is 0 Å². The molecule has 0 fully saturated rings. The van der Waals surface area contributed by atoms with Crippen molar-refractivity contribution >= 4 is 38.6 Å². The van der Waals surface area contributed by atoms with Crippen molar-refractivity contribution in [3.8, 4) is 0 Å². The maximum atomic E-state index is 12.4. The van der Waals surface area contributed by atoms with Crippen LogP contribution in [0.3, 0.4) is 0 Å². The molecular weight excluding hydrogens is 310 g/mol. The highest BCUT2D eigenvalue weighted by Gasteiger charge is 2.39.